The van der Waals surface area contributed by atoms with Crippen LogP contribution < -0.4 is 113 Å². The molecule has 0 fully saturated rings. The summed E-state index contributed by atoms with van der Waals surface area (Å²) in [5.41, 5.74) is 0. The average molecular weight is 350 g/mol. The normalized spacial score (nSPS) is 9.81. The summed E-state index contributed by atoms with van der Waals surface area (Å²) in [6.07, 6.45) is 6.85. The van der Waals surface area contributed by atoms with Gasteiger partial charge in [-0.05, 0) is 25.8 Å². The van der Waals surface area contributed by atoms with Crippen LogP contribution in [0.1, 0.15) is 58.3 Å². The van der Waals surface area contributed by atoms with Gasteiger partial charge in [0.15, 0.2) is 0 Å². The molecule has 0 aromatic rings. The molecule has 0 aliphatic rings. The third kappa shape index (κ3) is 22.2. The zero-order valence-electron chi connectivity index (χ0n) is 13.9. The Morgan fingerprint density at radius 1 is 0.762 bits per heavy atom. The smallest absolute Gasteiger partial charge is 0.550 e. The van der Waals surface area contributed by atoms with Crippen LogP contribution in [0.25, 0.3) is 0 Å². The first-order chi connectivity index (χ1) is 9.06. The number of unbranched alkanes of at least 4 members (excludes halogenated alkanes) is 5. The number of carbonyl (C=O) groups excluding carboxylic acids is 2. The first-order valence-corrected chi connectivity index (χ1v) is 7.18. The minimum Gasteiger partial charge on any atom is -0.550 e. The Bertz CT molecular complexity index is 247. The van der Waals surface area contributed by atoms with E-state index >= 15 is 0 Å². The van der Waals surface area contributed by atoms with Gasteiger partial charge in [0.05, 0.1) is 0 Å². The molecule has 0 atom stereocenters. The Balaban J connectivity index is -0.00000162. The topological polar surface area (TPSA) is 83.5 Å². The molecule has 0 spiro atoms. The number of carbonyl (C=O) groups is 2. The number of hydrogen-bond donors (Lipinski definition) is 0. The maximum absolute atomic E-state index is 10.4. The van der Waals surface area contributed by atoms with E-state index in [0.717, 1.165) is 19.4 Å². The van der Waals surface area contributed by atoms with Gasteiger partial charge in [0.2, 0.25) is 0 Å². The Labute approximate surface area is 213 Å². The van der Waals surface area contributed by atoms with Gasteiger partial charge in [-0.25, -0.2) is 0 Å². The first-order valence-electron chi connectivity index (χ1n) is 7.18. The predicted octanol–water partition coefficient (Wildman–Crippen LogP) is -6.06. The second-order valence-corrected chi connectivity index (χ2v) is 4.85. The minimum absolute atomic E-state index is 0. The summed E-state index contributed by atoms with van der Waals surface area (Å²) >= 11 is 0. The van der Waals surface area contributed by atoms with Crippen molar-refractivity contribution >= 4 is 11.9 Å². The summed E-state index contributed by atoms with van der Waals surface area (Å²) in [5, 5.41) is 20.8. The fraction of sp³-hybridized carbons (Fsp3) is 0.857. The van der Waals surface area contributed by atoms with E-state index < -0.39 is 11.9 Å². The Kier molecular flexibility index (Phi) is 27.0. The molecule has 0 saturated carbocycles. The molecule has 112 valence electrons. The van der Waals surface area contributed by atoms with Crippen molar-refractivity contribution in [2.75, 3.05) is 19.6 Å². The second kappa shape index (κ2) is 20.2. The Morgan fingerprint density at radius 2 is 1.19 bits per heavy atom. The van der Waals surface area contributed by atoms with Gasteiger partial charge in [-0.15, -0.1) is 0 Å². The monoisotopic (exact) mass is 349 g/mol. The van der Waals surface area contributed by atoms with E-state index in [4.69, 9.17) is 0 Å². The molecular formula is C14H25K2NO4. The van der Waals surface area contributed by atoms with Gasteiger partial charge in [0, 0.05) is 25.0 Å². The molecule has 0 saturated heterocycles. The molecule has 0 aliphatic carbocycles. The SMILES string of the molecule is CCCCCCCCN(CCC(=O)[O-])CCC(=O)[O-].[K+].[K+]. The van der Waals surface area contributed by atoms with Gasteiger partial charge in [0.25, 0.3) is 0 Å². The van der Waals surface area contributed by atoms with Crippen molar-refractivity contribution in [1.82, 2.24) is 4.90 Å². The predicted molar refractivity (Wildman–Crippen MR) is 69.1 cm³/mol. The standard InChI is InChI=1S/C14H27NO4.2K/c1-2-3-4-5-6-7-10-15(11-8-13(16)17)12-9-14(18)19;;/h2-12H2,1H3,(H,16,17)(H,18,19);;/q;2*+1/p-2. The summed E-state index contributed by atoms with van der Waals surface area (Å²) in [4.78, 5) is 22.7. The van der Waals surface area contributed by atoms with Crippen LogP contribution in [0.4, 0.5) is 0 Å². The largest absolute Gasteiger partial charge is 1.00 e. The molecular weight excluding hydrogens is 324 g/mol. The fourth-order valence-corrected chi connectivity index (χ4v) is 1.95. The number of nitrogens with zero attached hydrogens (tertiary/aromatic N) is 1. The molecule has 0 radical (unpaired) electrons. The molecule has 0 heterocycles. The molecule has 0 unspecified atom stereocenters. The molecule has 0 N–H and O–H groups in total. The van der Waals surface area contributed by atoms with E-state index in [2.05, 4.69) is 6.92 Å². The Hall–Kier alpha value is 2.17. The number of aliphatic carboxylic acids is 2. The molecule has 0 aliphatic heterocycles. The van der Waals surface area contributed by atoms with Crippen LogP contribution in [-0.4, -0.2) is 36.5 Å². The van der Waals surface area contributed by atoms with Gasteiger partial charge >= 0.3 is 103 Å². The molecule has 0 rings (SSSR count). The number of carboxylic acids is 2. The van der Waals surface area contributed by atoms with Crippen LogP contribution in [0, 0.1) is 0 Å². The minimum atomic E-state index is -1.10. The molecule has 7 heteroatoms. The molecule has 0 amide bonds. The van der Waals surface area contributed by atoms with Crippen LogP contribution in [0.15, 0.2) is 0 Å². The van der Waals surface area contributed by atoms with Crippen molar-refractivity contribution in [3.8, 4) is 0 Å². The van der Waals surface area contributed by atoms with Gasteiger partial charge in [-0.2, -0.15) is 0 Å². The van der Waals surface area contributed by atoms with Gasteiger partial charge < -0.3 is 24.7 Å². The van der Waals surface area contributed by atoms with Crippen molar-refractivity contribution < 1.29 is 123 Å². The quantitative estimate of drug-likeness (QED) is 0.244. The summed E-state index contributed by atoms with van der Waals surface area (Å²) < 4.78 is 0. The van der Waals surface area contributed by atoms with Crippen LogP contribution in [0.5, 0.6) is 0 Å². The van der Waals surface area contributed by atoms with E-state index in [-0.39, 0.29) is 116 Å². The van der Waals surface area contributed by atoms with E-state index in [9.17, 15) is 19.8 Å². The molecule has 0 aromatic heterocycles. The third-order valence-corrected chi connectivity index (χ3v) is 3.09. The van der Waals surface area contributed by atoms with Gasteiger partial charge in [-0.3, -0.25) is 0 Å². The second-order valence-electron chi connectivity index (χ2n) is 4.85. The van der Waals surface area contributed by atoms with Gasteiger partial charge in [0.1, 0.15) is 0 Å². The maximum atomic E-state index is 10.4. The van der Waals surface area contributed by atoms with Crippen molar-refractivity contribution in [3.05, 3.63) is 0 Å². The number of rotatable bonds is 13. The summed E-state index contributed by atoms with van der Waals surface area (Å²) in [5.74, 6) is -2.19. The van der Waals surface area contributed by atoms with Crippen molar-refractivity contribution in [1.29, 1.82) is 0 Å². The number of carboxylic acid groups (broad SMARTS) is 2. The van der Waals surface area contributed by atoms with Crippen LogP contribution in [0.2, 0.25) is 0 Å². The van der Waals surface area contributed by atoms with Crippen LogP contribution in [-0.2, 0) is 9.59 Å². The summed E-state index contributed by atoms with van der Waals surface area (Å²) in [6.45, 7) is 3.61. The first kappa shape index (κ1) is 28.0. The summed E-state index contributed by atoms with van der Waals surface area (Å²) in [6, 6.07) is 0. The van der Waals surface area contributed by atoms with Gasteiger partial charge in [-0.1, -0.05) is 39.0 Å². The zero-order valence-corrected chi connectivity index (χ0v) is 20.1. The van der Waals surface area contributed by atoms with Crippen molar-refractivity contribution in [3.63, 3.8) is 0 Å². The van der Waals surface area contributed by atoms with E-state index in [1.807, 2.05) is 4.90 Å². The van der Waals surface area contributed by atoms with Crippen molar-refractivity contribution in [2.24, 2.45) is 0 Å². The molecule has 0 aromatic carbocycles. The number of hydrogen-bond acceptors (Lipinski definition) is 5. The van der Waals surface area contributed by atoms with Crippen molar-refractivity contribution in [2.45, 2.75) is 58.3 Å². The fourth-order valence-electron chi connectivity index (χ4n) is 1.95. The van der Waals surface area contributed by atoms with E-state index in [1.165, 1.54) is 25.7 Å². The molecule has 0 bridgehead atoms. The van der Waals surface area contributed by atoms with E-state index in [1.54, 1.807) is 0 Å². The zero-order chi connectivity index (χ0) is 14.5. The Morgan fingerprint density at radius 3 is 1.62 bits per heavy atom. The van der Waals surface area contributed by atoms with E-state index in [0.29, 0.717) is 13.1 Å². The van der Waals surface area contributed by atoms with Crippen LogP contribution >= 0.6 is 0 Å². The maximum Gasteiger partial charge on any atom is 1.00 e. The third-order valence-electron chi connectivity index (χ3n) is 3.09. The molecule has 21 heavy (non-hydrogen) atoms. The molecule has 5 nitrogen and oxygen atoms in total. The van der Waals surface area contributed by atoms with Crippen LogP contribution in [0.3, 0.4) is 0 Å². The summed E-state index contributed by atoms with van der Waals surface area (Å²) in [7, 11) is 0. The average Bonchev–Trinajstić information content (AvgIpc) is 2.35.